The molecule has 0 spiro atoms. The maximum atomic E-state index is 11.9. The number of carbonyl (C=O) groups is 1. The van der Waals surface area contributed by atoms with Crippen molar-refractivity contribution in [2.24, 2.45) is 5.41 Å². The monoisotopic (exact) mass is 423 g/mol. The Balaban J connectivity index is 1.83. The Morgan fingerprint density at radius 1 is 0.733 bits per heavy atom. The Bertz CT molecular complexity index is 439. The lowest BCUT2D eigenvalue weighted by atomic mass is 9.88. The summed E-state index contributed by atoms with van der Waals surface area (Å²) >= 11 is 0. The van der Waals surface area contributed by atoms with Crippen molar-refractivity contribution >= 4 is 5.78 Å². The fourth-order valence-corrected chi connectivity index (χ4v) is 4.34. The number of likely N-dealkylation sites (tertiary alicyclic amines) is 1. The molecule has 0 unspecified atom stereocenters. The van der Waals surface area contributed by atoms with Gasteiger partial charge >= 0.3 is 0 Å². The number of Topliss-reactive ketones (excluding diaryl/α,β-unsaturated/α-hetero) is 1. The molecule has 1 saturated heterocycles. The quantitative estimate of drug-likeness (QED) is 0.254. The largest absolute Gasteiger partial charge is 0.373 e. The van der Waals surface area contributed by atoms with Gasteiger partial charge < -0.3 is 9.64 Å². The Hall–Kier alpha value is -0.410. The zero-order valence-electron chi connectivity index (χ0n) is 21.4. The maximum Gasteiger partial charge on any atom is 0.138 e. The van der Waals surface area contributed by atoms with Crippen molar-refractivity contribution in [2.75, 3.05) is 19.6 Å². The van der Waals surface area contributed by atoms with Gasteiger partial charge in [0.25, 0.3) is 0 Å². The van der Waals surface area contributed by atoms with E-state index < -0.39 is 0 Å². The van der Waals surface area contributed by atoms with Crippen LogP contribution >= 0.6 is 0 Å². The highest BCUT2D eigenvalue weighted by molar-refractivity contribution is 5.83. The number of rotatable bonds is 15. The van der Waals surface area contributed by atoms with Gasteiger partial charge in [-0.05, 0) is 53.0 Å². The first-order chi connectivity index (χ1) is 14.1. The highest BCUT2D eigenvalue weighted by Crippen LogP contribution is 2.21. The van der Waals surface area contributed by atoms with Gasteiger partial charge in [-0.2, -0.15) is 0 Å². The summed E-state index contributed by atoms with van der Waals surface area (Å²) in [7, 11) is 0. The molecule has 0 aromatic heterocycles. The Labute approximate surface area is 188 Å². The first kappa shape index (κ1) is 27.6. The minimum Gasteiger partial charge on any atom is -0.373 e. The van der Waals surface area contributed by atoms with Crippen molar-refractivity contribution in [1.82, 2.24) is 4.90 Å². The smallest absolute Gasteiger partial charge is 0.138 e. The van der Waals surface area contributed by atoms with Crippen molar-refractivity contribution < 1.29 is 9.53 Å². The number of nitrogens with zero attached hydrogens (tertiary/aromatic N) is 1. The van der Waals surface area contributed by atoms with E-state index in [1.165, 1.54) is 96.7 Å². The molecule has 0 aliphatic carbocycles. The number of ether oxygens (including phenoxy) is 1. The molecule has 0 atom stereocenters. The molecular formula is C27H53NO2. The highest BCUT2D eigenvalue weighted by atomic mass is 16.5. The molecule has 0 N–H and O–H groups in total. The van der Waals surface area contributed by atoms with Gasteiger partial charge in [0.15, 0.2) is 0 Å². The van der Waals surface area contributed by atoms with Gasteiger partial charge in [-0.25, -0.2) is 0 Å². The molecule has 0 aromatic carbocycles. The Morgan fingerprint density at radius 2 is 1.17 bits per heavy atom. The molecule has 0 amide bonds. The molecule has 0 radical (unpaired) electrons. The number of hydrogen-bond acceptors (Lipinski definition) is 3. The zero-order chi connectivity index (χ0) is 22.5. The van der Waals surface area contributed by atoms with Crippen LogP contribution in [0.25, 0.3) is 0 Å². The van der Waals surface area contributed by atoms with Crippen LogP contribution in [0.15, 0.2) is 0 Å². The van der Waals surface area contributed by atoms with E-state index in [2.05, 4.69) is 25.7 Å². The molecule has 0 aromatic rings. The minimum absolute atomic E-state index is 0.000640. The molecule has 1 aliphatic heterocycles. The SMILES string of the molecule is CC(C)(C)OC1CCN(CCCCCCCCCCCCCC(=O)C(C)(C)C)CC1. The summed E-state index contributed by atoms with van der Waals surface area (Å²) in [6, 6.07) is 0. The highest BCUT2D eigenvalue weighted by Gasteiger charge is 2.23. The van der Waals surface area contributed by atoms with E-state index in [-0.39, 0.29) is 11.0 Å². The van der Waals surface area contributed by atoms with Crippen molar-refractivity contribution in [1.29, 1.82) is 0 Å². The lowest BCUT2D eigenvalue weighted by Crippen LogP contribution is -2.40. The van der Waals surface area contributed by atoms with Crippen molar-refractivity contribution in [2.45, 2.75) is 143 Å². The van der Waals surface area contributed by atoms with Crippen LogP contribution in [0.2, 0.25) is 0 Å². The van der Waals surface area contributed by atoms with Gasteiger partial charge in [0.05, 0.1) is 11.7 Å². The van der Waals surface area contributed by atoms with Gasteiger partial charge in [0, 0.05) is 24.9 Å². The fourth-order valence-electron chi connectivity index (χ4n) is 4.34. The van der Waals surface area contributed by atoms with Crippen LogP contribution in [0.5, 0.6) is 0 Å². The first-order valence-corrected chi connectivity index (χ1v) is 13.0. The van der Waals surface area contributed by atoms with Crippen LogP contribution in [-0.4, -0.2) is 42.0 Å². The maximum absolute atomic E-state index is 11.9. The molecule has 0 bridgehead atoms. The molecule has 0 saturated carbocycles. The van der Waals surface area contributed by atoms with Gasteiger partial charge in [-0.3, -0.25) is 4.79 Å². The van der Waals surface area contributed by atoms with Crippen molar-refractivity contribution in [3.63, 3.8) is 0 Å². The average Bonchev–Trinajstić information content (AvgIpc) is 2.64. The van der Waals surface area contributed by atoms with Gasteiger partial charge in [-0.1, -0.05) is 78.6 Å². The second-order valence-electron chi connectivity index (χ2n) is 11.6. The number of unbranched alkanes of at least 4 members (excludes halogenated alkanes) is 10. The third-order valence-electron chi connectivity index (χ3n) is 6.27. The summed E-state index contributed by atoms with van der Waals surface area (Å²) in [5.74, 6) is 0.418. The number of carbonyl (C=O) groups excluding carboxylic acids is 1. The first-order valence-electron chi connectivity index (χ1n) is 13.0. The number of hydrogen-bond donors (Lipinski definition) is 0. The van der Waals surface area contributed by atoms with Crippen LogP contribution in [0.3, 0.4) is 0 Å². The normalized spacial score (nSPS) is 16.9. The number of piperidine rings is 1. The standard InChI is InChI=1S/C27H53NO2/c1-26(2,3)25(29)18-16-14-12-10-8-7-9-11-13-15-17-21-28-22-19-24(20-23-28)30-27(4,5)6/h24H,7-23H2,1-6H3. The molecule has 1 aliphatic rings. The van der Waals surface area contributed by atoms with Crippen molar-refractivity contribution in [3.05, 3.63) is 0 Å². The predicted octanol–water partition coefficient (Wildman–Crippen LogP) is 7.56. The molecular weight excluding hydrogens is 370 g/mol. The van der Waals surface area contributed by atoms with E-state index in [4.69, 9.17) is 4.74 Å². The van der Waals surface area contributed by atoms with Gasteiger partial charge in [0.2, 0.25) is 0 Å². The minimum atomic E-state index is -0.155. The summed E-state index contributed by atoms with van der Waals surface area (Å²) in [5, 5.41) is 0. The van der Waals surface area contributed by atoms with E-state index >= 15 is 0 Å². The molecule has 178 valence electrons. The van der Waals surface area contributed by atoms with Crippen LogP contribution in [0.4, 0.5) is 0 Å². The second kappa shape index (κ2) is 14.6. The van der Waals surface area contributed by atoms with E-state index in [1.54, 1.807) is 0 Å². The zero-order valence-corrected chi connectivity index (χ0v) is 21.4. The lowest BCUT2D eigenvalue weighted by molar-refractivity contribution is -0.126. The Kier molecular flexibility index (Phi) is 13.5. The summed E-state index contributed by atoms with van der Waals surface area (Å²) in [5.41, 5.74) is -0.156. The third-order valence-corrected chi connectivity index (χ3v) is 6.27. The van der Waals surface area contributed by atoms with E-state index in [0.717, 1.165) is 12.8 Å². The molecule has 1 fully saturated rings. The summed E-state index contributed by atoms with van der Waals surface area (Å²) in [6.07, 6.45) is 18.3. The number of ketones is 1. The fraction of sp³-hybridized carbons (Fsp3) is 0.963. The second-order valence-corrected chi connectivity index (χ2v) is 11.6. The molecule has 1 heterocycles. The van der Waals surface area contributed by atoms with Crippen LogP contribution < -0.4 is 0 Å². The van der Waals surface area contributed by atoms with Crippen LogP contribution in [0, 0.1) is 5.41 Å². The predicted molar refractivity (Wildman–Crippen MR) is 130 cm³/mol. The van der Waals surface area contributed by atoms with Crippen molar-refractivity contribution in [3.8, 4) is 0 Å². The van der Waals surface area contributed by atoms with Gasteiger partial charge in [0.1, 0.15) is 5.78 Å². The summed E-state index contributed by atoms with van der Waals surface area (Å²) < 4.78 is 6.13. The molecule has 1 rings (SSSR count). The van der Waals surface area contributed by atoms with Crippen LogP contribution in [0.1, 0.15) is 131 Å². The topological polar surface area (TPSA) is 29.5 Å². The summed E-state index contributed by atoms with van der Waals surface area (Å²) in [4.78, 5) is 14.5. The van der Waals surface area contributed by atoms with E-state index in [1.807, 2.05) is 20.8 Å². The molecule has 3 nitrogen and oxygen atoms in total. The van der Waals surface area contributed by atoms with E-state index in [0.29, 0.717) is 11.9 Å². The van der Waals surface area contributed by atoms with Crippen LogP contribution in [-0.2, 0) is 9.53 Å². The summed E-state index contributed by atoms with van der Waals surface area (Å²) in [6.45, 7) is 16.3. The lowest BCUT2D eigenvalue weighted by Gasteiger charge is -2.35. The molecule has 30 heavy (non-hydrogen) atoms. The van der Waals surface area contributed by atoms with Gasteiger partial charge in [-0.15, -0.1) is 0 Å². The Morgan fingerprint density at radius 3 is 1.60 bits per heavy atom. The molecule has 3 heteroatoms. The third kappa shape index (κ3) is 14.6. The average molecular weight is 424 g/mol. The van der Waals surface area contributed by atoms with E-state index in [9.17, 15) is 4.79 Å².